The summed E-state index contributed by atoms with van der Waals surface area (Å²) in [6.07, 6.45) is 4.63. The molecule has 0 radical (unpaired) electrons. The molecule has 0 aliphatic carbocycles. The van der Waals surface area contributed by atoms with Crippen molar-refractivity contribution in [3.63, 3.8) is 0 Å². The molecular weight excluding hydrogens is 304 g/mol. The third kappa shape index (κ3) is 3.82. The van der Waals surface area contributed by atoms with Gasteiger partial charge in [0.15, 0.2) is 0 Å². The Hall–Kier alpha value is -1.78. The number of hydrogen-bond donors (Lipinski definition) is 0. The van der Waals surface area contributed by atoms with Gasteiger partial charge in [-0.25, -0.2) is 4.79 Å². The lowest BCUT2D eigenvalue weighted by molar-refractivity contribution is -0.132. The van der Waals surface area contributed by atoms with Crippen molar-refractivity contribution < 1.29 is 14.3 Å². The first-order chi connectivity index (χ1) is 11.5. The van der Waals surface area contributed by atoms with Crippen molar-refractivity contribution in [3.8, 4) is 0 Å². The molecule has 2 rings (SSSR count). The fourth-order valence-corrected chi connectivity index (χ4v) is 3.74. The number of likely N-dealkylation sites (tertiary alicyclic amines) is 1. The van der Waals surface area contributed by atoms with E-state index < -0.39 is 0 Å². The first-order valence-corrected chi connectivity index (χ1v) is 9.14. The van der Waals surface area contributed by atoms with Crippen LogP contribution in [0, 0.1) is 13.8 Å². The summed E-state index contributed by atoms with van der Waals surface area (Å²) >= 11 is 0. The molecule has 1 saturated heterocycles. The van der Waals surface area contributed by atoms with Gasteiger partial charge in [-0.3, -0.25) is 4.79 Å². The Labute approximate surface area is 145 Å². The predicted octanol–water partition coefficient (Wildman–Crippen LogP) is 3.25. The molecule has 0 bridgehead atoms. The zero-order valence-electron chi connectivity index (χ0n) is 15.5. The summed E-state index contributed by atoms with van der Waals surface area (Å²) in [7, 11) is 0. The zero-order valence-corrected chi connectivity index (χ0v) is 15.5. The number of amides is 1. The average Bonchev–Trinajstić information content (AvgIpc) is 2.83. The molecule has 5 nitrogen and oxygen atoms in total. The van der Waals surface area contributed by atoms with Gasteiger partial charge in [-0.2, -0.15) is 0 Å². The quantitative estimate of drug-likeness (QED) is 0.751. The molecule has 0 saturated carbocycles. The highest BCUT2D eigenvalue weighted by molar-refractivity contribution is 5.93. The van der Waals surface area contributed by atoms with Gasteiger partial charge in [0.1, 0.15) is 0 Å². The maximum absolute atomic E-state index is 12.4. The van der Waals surface area contributed by atoms with E-state index in [1.165, 1.54) is 6.42 Å². The fourth-order valence-electron chi connectivity index (χ4n) is 3.74. The summed E-state index contributed by atoms with van der Waals surface area (Å²) < 4.78 is 7.34. The molecule has 2 heterocycles. The van der Waals surface area contributed by atoms with E-state index in [2.05, 4.69) is 11.5 Å². The van der Waals surface area contributed by atoms with E-state index in [-0.39, 0.29) is 11.9 Å². The van der Waals surface area contributed by atoms with E-state index in [1.54, 1.807) is 0 Å². The van der Waals surface area contributed by atoms with Gasteiger partial charge in [-0.15, -0.1) is 0 Å². The number of ether oxygens (including phenoxy) is 1. The first kappa shape index (κ1) is 18.6. The smallest absolute Gasteiger partial charge is 0.340 e. The SMILES string of the molecule is CCOC(=O)c1c(C)c(CCC(=O)N2CCCCC2)n(CC)c1C. The number of nitrogens with zero attached hydrogens (tertiary/aromatic N) is 2. The fraction of sp³-hybridized carbons (Fsp3) is 0.684. The van der Waals surface area contributed by atoms with Crippen LogP contribution in [0.5, 0.6) is 0 Å². The number of aromatic nitrogens is 1. The molecule has 0 spiro atoms. The van der Waals surface area contributed by atoms with E-state index >= 15 is 0 Å². The summed E-state index contributed by atoms with van der Waals surface area (Å²) in [5.41, 5.74) is 3.65. The van der Waals surface area contributed by atoms with E-state index in [0.29, 0.717) is 25.0 Å². The van der Waals surface area contributed by atoms with E-state index in [0.717, 1.165) is 49.4 Å². The molecule has 1 amide bonds. The second-order valence-corrected chi connectivity index (χ2v) is 6.44. The van der Waals surface area contributed by atoms with Crippen LogP contribution in [0.1, 0.15) is 66.8 Å². The highest BCUT2D eigenvalue weighted by atomic mass is 16.5. The second-order valence-electron chi connectivity index (χ2n) is 6.44. The van der Waals surface area contributed by atoms with Crippen LogP contribution in [-0.4, -0.2) is 41.0 Å². The minimum absolute atomic E-state index is 0.230. The summed E-state index contributed by atoms with van der Waals surface area (Å²) in [6.45, 7) is 10.7. The number of esters is 1. The molecule has 0 N–H and O–H groups in total. The van der Waals surface area contributed by atoms with Crippen LogP contribution in [0.4, 0.5) is 0 Å². The highest BCUT2D eigenvalue weighted by Gasteiger charge is 2.24. The van der Waals surface area contributed by atoms with Gasteiger partial charge in [-0.05, 0) is 58.9 Å². The minimum atomic E-state index is -0.261. The topological polar surface area (TPSA) is 51.5 Å². The van der Waals surface area contributed by atoms with Crippen molar-refractivity contribution in [2.24, 2.45) is 0 Å². The Morgan fingerprint density at radius 1 is 1.08 bits per heavy atom. The Kier molecular flexibility index (Phi) is 6.46. The van der Waals surface area contributed by atoms with Crippen molar-refractivity contribution in [2.45, 2.75) is 66.3 Å². The number of hydrogen-bond acceptors (Lipinski definition) is 3. The van der Waals surface area contributed by atoms with Crippen LogP contribution in [0.3, 0.4) is 0 Å². The summed E-state index contributed by atoms with van der Waals surface area (Å²) in [5.74, 6) is -0.0309. The standard InChI is InChI=1S/C19H30N2O3/c1-5-21-15(4)18(19(23)24-6-2)14(3)16(21)10-11-17(22)20-12-8-7-9-13-20/h5-13H2,1-4H3. The number of piperidine rings is 1. The van der Waals surface area contributed by atoms with Crippen molar-refractivity contribution in [1.82, 2.24) is 9.47 Å². The third-order valence-electron chi connectivity index (χ3n) is 4.98. The molecule has 24 heavy (non-hydrogen) atoms. The molecule has 1 aromatic heterocycles. The molecule has 1 aliphatic heterocycles. The van der Waals surface area contributed by atoms with Gasteiger partial charge < -0.3 is 14.2 Å². The van der Waals surface area contributed by atoms with Gasteiger partial charge in [0.25, 0.3) is 0 Å². The van der Waals surface area contributed by atoms with Gasteiger partial charge in [-0.1, -0.05) is 0 Å². The maximum Gasteiger partial charge on any atom is 0.340 e. The van der Waals surface area contributed by atoms with E-state index in [4.69, 9.17) is 4.74 Å². The lowest BCUT2D eigenvalue weighted by Gasteiger charge is -2.26. The van der Waals surface area contributed by atoms with Gasteiger partial charge >= 0.3 is 5.97 Å². The maximum atomic E-state index is 12.4. The molecule has 1 aliphatic rings. The molecule has 1 aromatic rings. The van der Waals surface area contributed by atoms with Crippen molar-refractivity contribution >= 4 is 11.9 Å². The van der Waals surface area contributed by atoms with Crippen molar-refractivity contribution in [2.75, 3.05) is 19.7 Å². The normalized spacial score (nSPS) is 14.8. The number of rotatable bonds is 6. The van der Waals surface area contributed by atoms with Crippen LogP contribution < -0.4 is 0 Å². The lowest BCUT2D eigenvalue weighted by Crippen LogP contribution is -2.35. The summed E-state index contributed by atoms with van der Waals surface area (Å²) in [5, 5.41) is 0. The molecule has 5 heteroatoms. The Morgan fingerprint density at radius 3 is 2.33 bits per heavy atom. The molecule has 0 aromatic carbocycles. The average molecular weight is 334 g/mol. The summed E-state index contributed by atoms with van der Waals surface area (Å²) in [4.78, 5) is 26.7. The molecular formula is C19H30N2O3. The lowest BCUT2D eigenvalue weighted by atomic mass is 10.1. The monoisotopic (exact) mass is 334 g/mol. The van der Waals surface area contributed by atoms with Crippen LogP contribution in [0.15, 0.2) is 0 Å². The minimum Gasteiger partial charge on any atom is -0.462 e. The van der Waals surface area contributed by atoms with Gasteiger partial charge in [0, 0.05) is 37.4 Å². The largest absolute Gasteiger partial charge is 0.462 e. The third-order valence-corrected chi connectivity index (χ3v) is 4.98. The van der Waals surface area contributed by atoms with Crippen LogP contribution in [0.2, 0.25) is 0 Å². The Bertz CT molecular complexity index is 598. The summed E-state index contributed by atoms with van der Waals surface area (Å²) in [6, 6.07) is 0. The van der Waals surface area contributed by atoms with Crippen LogP contribution in [-0.2, 0) is 22.5 Å². The molecule has 134 valence electrons. The highest BCUT2D eigenvalue weighted by Crippen LogP contribution is 2.25. The van der Waals surface area contributed by atoms with E-state index in [1.807, 2.05) is 25.7 Å². The van der Waals surface area contributed by atoms with Crippen molar-refractivity contribution in [3.05, 3.63) is 22.5 Å². The number of carbonyl (C=O) groups excluding carboxylic acids is 2. The van der Waals surface area contributed by atoms with Crippen molar-refractivity contribution in [1.29, 1.82) is 0 Å². The van der Waals surface area contributed by atoms with Crippen LogP contribution in [0.25, 0.3) is 0 Å². The predicted molar refractivity (Wildman–Crippen MR) is 94.3 cm³/mol. The van der Waals surface area contributed by atoms with Gasteiger partial charge in [0.05, 0.1) is 12.2 Å². The second kappa shape index (κ2) is 8.36. The zero-order chi connectivity index (χ0) is 17.7. The first-order valence-electron chi connectivity index (χ1n) is 9.14. The van der Waals surface area contributed by atoms with Crippen LogP contribution >= 0.6 is 0 Å². The molecule has 1 fully saturated rings. The molecule has 0 unspecified atom stereocenters. The molecule has 0 atom stereocenters. The Balaban J connectivity index is 2.15. The number of carbonyl (C=O) groups is 2. The van der Waals surface area contributed by atoms with Gasteiger partial charge in [0.2, 0.25) is 5.91 Å². The van der Waals surface area contributed by atoms with E-state index in [9.17, 15) is 9.59 Å². The Morgan fingerprint density at radius 2 is 1.75 bits per heavy atom.